The van der Waals surface area contributed by atoms with Gasteiger partial charge >= 0.3 is 0 Å². The molecule has 0 aliphatic carbocycles. The summed E-state index contributed by atoms with van der Waals surface area (Å²) in [6, 6.07) is 1.81. The van der Waals surface area contributed by atoms with Crippen molar-refractivity contribution in [2.24, 2.45) is 0 Å². The number of hydrogen-bond donors (Lipinski definition) is 1. The number of hydrogen-bond acceptors (Lipinski definition) is 5. The number of thioether (sulfide) groups is 1. The van der Waals surface area contributed by atoms with Gasteiger partial charge in [-0.2, -0.15) is 0 Å². The molecule has 1 heterocycles. The van der Waals surface area contributed by atoms with Crippen molar-refractivity contribution in [3.05, 3.63) is 6.07 Å². The highest BCUT2D eigenvalue weighted by Gasteiger charge is 2.06. The van der Waals surface area contributed by atoms with E-state index in [1.807, 2.05) is 12.3 Å². The van der Waals surface area contributed by atoms with Crippen molar-refractivity contribution in [1.82, 2.24) is 9.97 Å². The minimum absolute atomic E-state index is 0.534. The quantitative estimate of drug-likeness (QED) is 0.607. The van der Waals surface area contributed by atoms with Gasteiger partial charge in [-0.3, -0.25) is 0 Å². The number of nitrogens with zero attached hydrogens (tertiary/aromatic N) is 3. The molecule has 5 heteroatoms. The standard InChI is InChI=1S/C9H16N4S/c1-4-13(5-2)8-6-7(10)11-9(12-8)14-3/h6H,4-5H2,1-3H3,(H2,10,11,12). The van der Waals surface area contributed by atoms with Gasteiger partial charge in [-0.05, 0) is 20.1 Å². The van der Waals surface area contributed by atoms with Crippen molar-refractivity contribution in [1.29, 1.82) is 0 Å². The fourth-order valence-corrected chi connectivity index (χ4v) is 1.61. The Hall–Kier alpha value is -0.970. The van der Waals surface area contributed by atoms with Crippen LogP contribution in [-0.4, -0.2) is 29.3 Å². The minimum Gasteiger partial charge on any atom is -0.383 e. The van der Waals surface area contributed by atoms with Crippen LogP contribution in [0, 0.1) is 0 Å². The highest BCUT2D eigenvalue weighted by molar-refractivity contribution is 7.98. The van der Waals surface area contributed by atoms with E-state index in [4.69, 9.17) is 5.73 Å². The summed E-state index contributed by atoms with van der Waals surface area (Å²) in [6.45, 7) is 6.06. The predicted octanol–water partition coefficient (Wildman–Crippen LogP) is 1.63. The van der Waals surface area contributed by atoms with Crippen molar-refractivity contribution < 1.29 is 0 Å². The van der Waals surface area contributed by atoms with Gasteiger partial charge in [-0.1, -0.05) is 11.8 Å². The molecule has 0 amide bonds. The van der Waals surface area contributed by atoms with Crippen LogP contribution in [0.3, 0.4) is 0 Å². The van der Waals surface area contributed by atoms with Crippen LogP contribution >= 0.6 is 11.8 Å². The average Bonchev–Trinajstić information content (AvgIpc) is 2.19. The van der Waals surface area contributed by atoms with E-state index in [0.29, 0.717) is 5.82 Å². The van der Waals surface area contributed by atoms with E-state index in [1.54, 1.807) is 0 Å². The molecule has 0 saturated carbocycles. The lowest BCUT2D eigenvalue weighted by Gasteiger charge is -2.20. The van der Waals surface area contributed by atoms with Gasteiger partial charge in [-0.15, -0.1) is 0 Å². The van der Waals surface area contributed by atoms with E-state index in [2.05, 4.69) is 28.7 Å². The van der Waals surface area contributed by atoms with Gasteiger partial charge in [0.15, 0.2) is 5.16 Å². The van der Waals surface area contributed by atoms with E-state index in [9.17, 15) is 0 Å². The van der Waals surface area contributed by atoms with Crippen molar-refractivity contribution in [3.63, 3.8) is 0 Å². The molecule has 0 aromatic carbocycles. The van der Waals surface area contributed by atoms with Gasteiger partial charge in [0.1, 0.15) is 11.6 Å². The first-order valence-corrected chi connectivity index (χ1v) is 5.87. The zero-order chi connectivity index (χ0) is 10.6. The molecule has 0 atom stereocenters. The summed E-state index contributed by atoms with van der Waals surface area (Å²) in [5.74, 6) is 1.44. The molecule has 0 spiro atoms. The predicted molar refractivity (Wildman–Crippen MR) is 61.8 cm³/mol. The summed E-state index contributed by atoms with van der Waals surface area (Å²) in [5.41, 5.74) is 5.69. The zero-order valence-electron chi connectivity index (χ0n) is 8.82. The van der Waals surface area contributed by atoms with Crippen molar-refractivity contribution in [2.45, 2.75) is 19.0 Å². The lowest BCUT2D eigenvalue weighted by atomic mass is 10.4. The molecule has 0 unspecified atom stereocenters. The Kier molecular flexibility index (Phi) is 4.00. The fourth-order valence-electron chi connectivity index (χ4n) is 1.23. The van der Waals surface area contributed by atoms with E-state index in [-0.39, 0.29) is 0 Å². The molecular formula is C9H16N4S. The van der Waals surface area contributed by atoms with Crippen LogP contribution in [0.25, 0.3) is 0 Å². The van der Waals surface area contributed by atoms with Gasteiger partial charge in [-0.25, -0.2) is 9.97 Å². The van der Waals surface area contributed by atoms with E-state index in [1.165, 1.54) is 11.8 Å². The molecule has 0 saturated heterocycles. The van der Waals surface area contributed by atoms with E-state index >= 15 is 0 Å². The summed E-state index contributed by atoms with van der Waals surface area (Å²) in [4.78, 5) is 10.6. The molecule has 0 aliphatic rings. The zero-order valence-corrected chi connectivity index (χ0v) is 9.64. The number of nitrogens with two attached hydrogens (primary N) is 1. The first kappa shape index (κ1) is 11.1. The summed E-state index contributed by atoms with van der Waals surface area (Å²) in [5, 5.41) is 0.729. The first-order chi connectivity index (χ1) is 6.71. The lowest BCUT2D eigenvalue weighted by molar-refractivity contribution is 0.821. The van der Waals surface area contributed by atoms with Crippen molar-refractivity contribution >= 4 is 23.4 Å². The van der Waals surface area contributed by atoms with Crippen LogP contribution in [0.2, 0.25) is 0 Å². The second-order valence-electron chi connectivity index (χ2n) is 2.81. The third kappa shape index (κ3) is 2.51. The third-order valence-corrected chi connectivity index (χ3v) is 2.53. The highest BCUT2D eigenvalue weighted by atomic mass is 32.2. The van der Waals surface area contributed by atoms with Crippen LogP contribution in [0.4, 0.5) is 11.6 Å². The second kappa shape index (κ2) is 5.05. The molecule has 0 aliphatic heterocycles. The molecule has 1 aromatic rings. The minimum atomic E-state index is 0.534. The molecule has 14 heavy (non-hydrogen) atoms. The Balaban J connectivity index is 3.01. The second-order valence-corrected chi connectivity index (χ2v) is 3.58. The SMILES string of the molecule is CCN(CC)c1cc(N)nc(SC)n1. The normalized spacial score (nSPS) is 10.2. The van der Waals surface area contributed by atoms with Gasteiger partial charge in [0.05, 0.1) is 0 Å². The number of anilines is 2. The fraction of sp³-hybridized carbons (Fsp3) is 0.556. The maximum Gasteiger partial charge on any atom is 0.191 e. The number of nitrogen functional groups attached to an aromatic ring is 1. The third-order valence-electron chi connectivity index (χ3n) is 1.98. The Morgan fingerprint density at radius 3 is 2.50 bits per heavy atom. The molecular weight excluding hydrogens is 196 g/mol. The van der Waals surface area contributed by atoms with Crippen LogP contribution in [0.15, 0.2) is 11.2 Å². The van der Waals surface area contributed by atoms with Crippen molar-refractivity contribution in [2.75, 3.05) is 30.0 Å². The van der Waals surface area contributed by atoms with Gasteiger partial charge in [0, 0.05) is 19.2 Å². The molecule has 0 fully saturated rings. The number of aromatic nitrogens is 2. The molecule has 1 rings (SSSR count). The molecule has 2 N–H and O–H groups in total. The monoisotopic (exact) mass is 212 g/mol. The molecule has 0 radical (unpaired) electrons. The van der Waals surface area contributed by atoms with Crippen molar-refractivity contribution in [3.8, 4) is 0 Å². The molecule has 0 bridgehead atoms. The van der Waals surface area contributed by atoms with Crippen LogP contribution in [-0.2, 0) is 0 Å². The van der Waals surface area contributed by atoms with E-state index < -0.39 is 0 Å². The smallest absolute Gasteiger partial charge is 0.191 e. The maximum atomic E-state index is 5.69. The Morgan fingerprint density at radius 1 is 1.36 bits per heavy atom. The largest absolute Gasteiger partial charge is 0.383 e. The molecule has 1 aromatic heterocycles. The van der Waals surface area contributed by atoms with Gasteiger partial charge in [0.25, 0.3) is 0 Å². The highest BCUT2D eigenvalue weighted by Crippen LogP contribution is 2.18. The van der Waals surface area contributed by atoms with Gasteiger partial charge < -0.3 is 10.6 Å². The Bertz CT molecular complexity index is 299. The van der Waals surface area contributed by atoms with Crippen LogP contribution < -0.4 is 10.6 Å². The van der Waals surface area contributed by atoms with Crippen LogP contribution in [0.5, 0.6) is 0 Å². The Morgan fingerprint density at radius 2 is 2.00 bits per heavy atom. The Labute approximate surface area is 88.9 Å². The van der Waals surface area contributed by atoms with Crippen LogP contribution in [0.1, 0.15) is 13.8 Å². The topological polar surface area (TPSA) is 55.0 Å². The maximum absolute atomic E-state index is 5.69. The summed E-state index contributed by atoms with van der Waals surface area (Å²) in [7, 11) is 0. The van der Waals surface area contributed by atoms with E-state index in [0.717, 1.165) is 24.1 Å². The summed E-state index contributed by atoms with van der Waals surface area (Å²) in [6.07, 6.45) is 1.95. The first-order valence-electron chi connectivity index (χ1n) is 4.64. The van der Waals surface area contributed by atoms with Gasteiger partial charge in [0.2, 0.25) is 0 Å². The lowest BCUT2D eigenvalue weighted by Crippen LogP contribution is -2.23. The molecule has 78 valence electrons. The number of rotatable bonds is 4. The summed E-state index contributed by atoms with van der Waals surface area (Å²) < 4.78 is 0. The summed E-state index contributed by atoms with van der Waals surface area (Å²) >= 11 is 1.51. The average molecular weight is 212 g/mol. The molecule has 4 nitrogen and oxygen atoms in total.